The summed E-state index contributed by atoms with van der Waals surface area (Å²) >= 11 is 0. The Morgan fingerprint density at radius 2 is 1.83 bits per heavy atom. The molecule has 0 saturated heterocycles. The molecule has 0 aromatic heterocycles. The van der Waals surface area contributed by atoms with Gasteiger partial charge in [0, 0.05) is 6.54 Å². The Labute approximate surface area is 210 Å². The number of amides is 3. The van der Waals surface area contributed by atoms with E-state index in [9.17, 15) is 19.6 Å². The van der Waals surface area contributed by atoms with Crippen molar-refractivity contribution in [3.63, 3.8) is 0 Å². The summed E-state index contributed by atoms with van der Waals surface area (Å²) in [6, 6.07) is 5.66. The number of hydrogen-bond donors (Lipinski definition) is 2. The molecule has 2 atom stereocenters. The van der Waals surface area contributed by atoms with Crippen LogP contribution in [0.2, 0.25) is 0 Å². The molecule has 0 saturated carbocycles. The molecule has 35 heavy (non-hydrogen) atoms. The van der Waals surface area contributed by atoms with E-state index in [0.29, 0.717) is 18.5 Å². The van der Waals surface area contributed by atoms with E-state index in [2.05, 4.69) is 10.6 Å². The highest BCUT2D eigenvalue weighted by molar-refractivity contribution is 5.92. The minimum absolute atomic E-state index is 0.0698. The smallest absolute Gasteiger partial charge is 0.408 e. The summed E-state index contributed by atoms with van der Waals surface area (Å²) < 4.78 is 5.37. The highest BCUT2D eigenvalue weighted by Gasteiger charge is 2.37. The first-order valence-corrected chi connectivity index (χ1v) is 12.3. The molecule has 2 unspecified atom stereocenters. The SMILES string of the molecule is CCCCNC(=O)C(c1cccc(C)c1C)N(CC#N)C(=O)C(CC(C)C)NC(=O)OC(C)(C)C. The fourth-order valence-corrected chi connectivity index (χ4v) is 3.72. The predicted octanol–water partition coefficient (Wildman–Crippen LogP) is 4.55. The predicted molar refractivity (Wildman–Crippen MR) is 137 cm³/mol. The standard InChI is InChI=1S/C27H42N4O4/c1-9-10-15-29-24(32)23(21-13-11-12-19(4)20(21)5)31(16-14-28)25(33)22(17-18(2)3)30-26(34)35-27(6,7)8/h11-13,18,22-23H,9-10,15-17H2,1-8H3,(H,29,32)(H,30,34). The zero-order valence-corrected chi connectivity index (χ0v) is 22.5. The minimum atomic E-state index is -1.01. The van der Waals surface area contributed by atoms with Gasteiger partial charge in [-0.15, -0.1) is 0 Å². The van der Waals surface area contributed by atoms with Crippen LogP contribution in [0.25, 0.3) is 0 Å². The highest BCUT2D eigenvalue weighted by Crippen LogP contribution is 2.28. The van der Waals surface area contributed by atoms with E-state index >= 15 is 0 Å². The van der Waals surface area contributed by atoms with Crippen LogP contribution in [0.15, 0.2) is 18.2 Å². The number of nitriles is 1. The number of carbonyl (C=O) groups excluding carboxylic acids is 3. The lowest BCUT2D eigenvalue weighted by Gasteiger charge is -2.34. The summed E-state index contributed by atoms with van der Waals surface area (Å²) in [6.07, 6.45) is 1.32. The second-order valence-electron chi connectivity index (χ2n) is 10.3. The lowest BCUT2D eigenvalue weighted by molar-refractivity contribution is -0.142. The molecule has 0 bridgehead atoms. The van der Waals surface area contributed by atoms with Crippen molar-refractivity contribution < 1.29 is 19.1 Å². The summed E-state index contributed by atoms with van der Waals surface area (Å²) in [4.78, 5) is 41.1. The molecule has 0 spiro atoms. The van der Waals surface area contributed by atoms with E-state index in [1.54, 1.807) is 20.8 Å². The van der Waals surface area contributed by atoms with E-state index in [-0.39, 0.29) is 18.4 Å². The molecule has 1 aromatic rings. The Kier molecular flexibility index (Phi) is 11.7. The lowest BCUT2D eigenvalue weighted by atomic mass is 9.94. The molecule has 1 rings (SSSR count). The molecule has 0 aliphatic heterocycles. The first kappa shape index (κ1) is 30.0. The third-order valence-electron chi connectivity index (χ3n) is 5.55. The molecule has 0 aliphatic carbocycles. The second-order valence-corrected chi connectivity index (χ2v) is 10.3. The summed E-state index contributed by atoms with van der Waals surface area (Å²) in [6.45, 7) is 15.1. The van der Waals surface area contributed by atoms with Crippen LogP contribution in [-0.4, -0.2) is 47.5 Å². The van der Waals surface area contributed by atoms with Gasteiger partial charge in [-0.25, -0.2) is 4.79 Å². The molecule has 0 fully saturated rings. The van der Waals surface area contributed by atoms with Crippen LogP contribution in [-0.2, 0) is 14.3 Å². The molecule has 0 heterocycles. The maximum atomic E-state index is 13.8. The molecule has 3 amide bonds. The number of alkyl carbamates (subject to hydrolysis) is 1. The van der Waals surface area contributed by atoms with Gasteiger partial charge in [0.1, 0.15) is 24.2 Å². The van der Waals surface area contributed by atoms with Crippen molar-refractivity contribution in [3.05, 3.63) is 34.9 Å². The topological polar surface area (TPSA) is 112 Å². The number of unbranched alkanes of at least 4 members (excludes halogenated alkanes) is 1. The number of benzene rings is 1. The van der Waals surface area contributed by atoms with Gasteiger partial charge in [0.2, 0.25) is 11.8 Å². The molecular formula is C27H42N4O4. The molecular weight excluding hydrogens is 444 g/mol. The molecule has 1 aromatic carbocycles. The number of aryl methyl sites for hydroxylation is 1. The number of ether oxygens (including phenoxy) is 1. The normalized spacial score (nSPS) is 12.9. The zero-order chi connectivity index (χ0) is 26.8. The quantitative estimate of drug-likeness (QED) is 0.352. The third kappa shape index (κ3) is 9.59. The fraction of sp³-hybridized carbons (Fsp3) is 0.630. The minimum Gasteiger partial charge on any atom is -0.444 e. The largest absolute Gasteiger partial charge is 0.444 e. The van der Waals surface area contributed by atoms with E-state index in [1.165, 1.54) is 4.90 Å². The molecule has 2 N–H and O–H groups in total. The molecule has 194 valence electrons. The van der Waals surface area contributed by atoms with Crippen molar-refractivity contribution in [1.82, 2.24) is 15.5 Å². The Bertz CT molecular complexity index is 915. The Balaban J connectivity index is 3.47. The lowest BCUT2D eigenvalue weighted by Crippen LogP contribution is -2.53. The first-order valence-electron chi connectivity index (χ1n) is 12.3. The van der Waals surface area contributed by atoms with Crippen LogP contribution >= 0.6 is 0 Å². The van der Waals surface area contributed by atoms with Crippen molar-refractivity contribution in [3.8, 4) is 6.07 Å². The first-order chi connectivity index (χ1) is 16.3. The molecule has 0 radical (unpaired) electrons. The summed E-state index contributed by atoms with van der Waals surface area (Å²) in [7, 11) is 0. The summed E-state index contributed by atoms with van der Waals surface area (Å²) in [5, 5.41) is 15.2. The Morgan fingerprint density at radius 1 is 1.17 bits per heavy atom. The average molecular weight is 487 g/mol. The van der Waals surface area contributed by atoms with Gasteiger partial charge in [0.15, 0.2) is 0 Å². The van der Waals surface area contributed by atoms with Crippen LogP contribution in [0.1, 0.15) is 83.5 Å². The van der Waals surface area contributed by atoms with E-state index in [1.807, 2.05) is 58.9 Å². The van der Waals surface area contributed by atoms with Crippen LogP contribution < -0.4 is 10.6 Å². The number of rotatable bonds is 11. The van der Waals surface area contributed by atoms with E-state index in [4.69, 9.17) is 4.74 Å². The van der Waals surface area contributed by atoms with Gasteiger partial charge in [-0.05, 0) is 70.1 Å². The van der Waals surface area contributed by atoms with Crippen LogP contribution in [0, 0.1) is 31.1 Å². The number of nitrogens with zero attached hydrogens (tertiary/aromatic N) is 2. The van der Waals surface area contributed by atoms with Gasteiger partial charge in [-0.2, -0.15) is 5.26 Å². The van der Waals surface area contributed by atoms with Crippen molar-refractivity contribution in [2.45, 2.75) is 92.3 Å². The molecule has 8 heteroatoms. The van der Waals surface area contributed by atoms with Gasteiger partial charge in [-0.1, -0.05) is 45.4 Å². The zero-order valence-electron chi connectivity index (χ0n) is 22.5. The van der Waals surface area contributed by atoms with Crippen molar-refractivity contribution in [1.29, 1.82) is 5.26 Å². The maximum Gasteiger partial charge on any atom is 0.408 e. The molecule has 8 nitrogen and oxygen atoms in total. The monoisotopic (exact) mass is 486 g/mol. The van der Waals surface area contributed by atoms with Gasteiger partial charge < -0.3 is 20.3 Å². The number of hydrogen-bond acceptors (Lipinski definition) is 5. The van der Waals surface area contributed by atoms with E-state index in [0.717, 1.165) is 24.0 Å². The highest BCUT2D eigenvalue weighted by atomic mass is 16.6. The van der Waals surface area contributed by atoms with Crippen molar-refractivity contribution in [2.75, 3.05) is 13.1 Å². The Morgan fingerprint density at radius 3 is 2.37 bits per heavy atom. The third-order valence-corrected chi connectivity index (χ3v) is 5.55. The van der Waals surface area contributed by atoms with E-state index < -0.39 is 29.7 Å². The fourth-order valence-electron chi connectivity index (χ4n) is 3.72. The maximum absolute atomic E-state index is 13.8. The van der Waals surface area contributed by atoms with Crippen molar-refractivity contribution in [2.24, 2.45) is 5.92 Å². The van der Waals surface area contributed by atoms with Crippen LogP contribution in [0.5, 0.6) is 0 Å². The van der Waals surface area contributed by atoms with Gasteiger partial charge >= 0.3 is 6.09 Å². The number of carbonyl (C=O) groups is 3. The van der Waals surface area contributed by atoms with Crippen LogP contribution in [0.3, 0.4) is 0 Å². The van der Waals surface area contributed by atoms with Gasteiger partial charge in [0.05, 0.1) is 6.07 Å². The summed E-state index contributed by atoms with van der Waals surface area (Å²) in [5.74, 6) is -0.778. The van der Waals surface area contributed by atoms with Gasteiger partial charge in [0.25, 0.3) is 0 Å². The van der Waals surface area contributed by atoms with Gasteiger partial charge in [-0.3, -0.25) is 9.59 Å². The second kappa shape index (κ2) is 13.7. The molecule has 0 aliphatic rings. The summed E-state index contributed by atoms with van der Waals surface area (Å²) in [5.41, 5.74) is 1.77. The average Bonchev–Trinajstić information content (AvgIpc) is 2.73. The van der Waals surface area contributed by atoms with Crippen LogP contribution in [0.4, 0.5) is 4.79 Å². The number of nitrogens with one attached hydrogen (secondary N) is 2. The van der Waals surface area contributed by atoms with Crippen molar-refractivity contribution >= 4 is 17.9 Å². The Hall–Kier alpha value is -3.08.